The van der Waals surface area contributed by atoms with Gasteiger partial charge in [-0.05, 0) is 74.4 Å². The molecule has 0 aliphatic carbocycles. The molecule has 0 radical (unpaired) electrons. The van der Waals surface area contributed by atoms with Crippen molar-refractivity contribution in [3.63, 3.8) is 0 Å². The van der Waals surface area contributed by atoms with Crippen LogP contribution in [0.2, 0.25) is 5.02 Å². The van der Waals surface area contributed by atoms with Crippen molar-refractivity contribution in [2.75, 3.05) is 0 Å². The fraction of sp³-hybridized carbons (Fsp3) is 0.214. The Morgan fingerprint density at radius 2 is 1.76 bits per heavy atom. The zero-order valence-electron chi connectivity index (χ0n) is 20.6. The van der Waals surface area contributed by atoms with Crippen molar-refractivity contribution in [3.8, 4) is 11.5 Å². The molecular weight excluding hydrogens is 523 g/mol. The number of carbonyl (C=O) groups excluding carboxylic acids is 1. The van der Waals surface area contributed by atoms with Crippen LogP contribution in [0.1, 0.15) is 39.7 Å². The van der Waals surface area contributed by atoms with Gasteiger partial charge in [-0.3, -0.25) is 4.79 Å². The van der Waals surface area contributed by atoms with Gasteiger partial charge in [0, 0.05) is 34.3 Å². The summed E-state index contributed by atoms with van der Waals surface area (Å²) < 4.78 is 50.2. The average Bonchev–Trinajstić information content (AvgIpc) is 3.08. The molecule has 3 aromatic carbocycles. The highest BCUT2D eigenvalue weighted by Crippen LogP contribution is 2.34. The Kier molecular flexibility index (Phi) is 7.42. The SMILES string of the molecule is Cc1cc(Cl)ccc1C(=O)c1c(C)n(Cc2cccc(O[C@@H](C)C(=O)O)c2)c2cc(OC(F)(F)F)ccc12. The molecule has 1 atom stereocenters. The van der Waals surface area contributed by atoms with Gasteiger partial charge < -0.3 is 19.1 Å². The number of carbonyl (C=O) groups is 2. The highest BCUT2D eigenvalue weighted by molar-refractivity contribution is 6.31. The van der Waals surface area contributed by atoms with Gasteiger partial charge in [0.1, 0.15) is 11.5 Å². The molecule has 10 heteroatoms. The van der Waals surface area contributed by atoms with E-state index < -0.39 is 24.2 Å². The van der Waals surface area contributed by atoms with Crippen molar-refractivity contribution in [2.24, 2.45) is 0 Å². The van der Waals surface area contributed by atoms with Crippen LogP contribution in [-0.4, -0.2) is 33.9 Å². The van der Waals surface area contributed by atoms with Crippen LogP contribution in [0.25, 0.3) is 10.9 Å². The number of benzene rings is 3. The Morgan fingerprint density at radius 3 is 2.42 bits per heavy atom. The minimum Gasteiger partial charge on any atom is -0.479 e. The molecule has 0 saturated carbocycles. The van der Waals surface area contributed by atoms with Gasteiger partial charge in [0.15, 0.2) is 11.9 Å². The van der Waals surface area contributed by atoms with Crippen LogP contribution in [0.5, 0.6) is 11.5 Å². The number of aromatic nitrogens is 1. The topological polar surface area (TPSA) is 77.8 Å². The van der Waals surface area contributed by atoms with Gasteiger partial charge in [-0.15, -0.1) is 13.2 Å². The fourth-order valence-corrected chi connectivity index (χ4v) is 4.54. The normalized spacial score (nSPS) is 12.4. The second-order valence-electron chi connectivity index (χ2n) is 8.81. The molecule has 1 heterocycles. The number of carboxylic acids is 1. The van der Waals surface area contributed by atoms with Crippen molar-refractivity contribution in [3.05, 3.63) is 93.6 Å². The standard InChI is InChI=1S/C28H23ClF3NO5/c1-15-11-19(29)7-9-22(15)26(34)25-16(2)33(24-13-21(8-10-23(24)25)38-28(30,31)32)14-18-5-4-6-20(12-18)37-17(3)27(35)36/h4-13,17H,14H2,1-3H3,(H,35,36)/t17-/m0/s1. The average molecular weight is 546 g/mol. The van der Waals surface area contributed by atoms with E-state index in [1.54, 1.807) is 60.9 Å². The molecule has 0 bridgehead atoms. The van der Waals surface area contributed by atoms with Gasteiger partial charge in [-0.1, -0.05) is 23.7 Å². The Hall–Kier alpha value is -3.98. The predicted molar refractivity (Wildman–Crippen MR) is 136 cm³/mol. The summed E-state index contributed by atoms with van der Waals surface area (Å²) in [6.07, 6.45) is -5.96. The third-order valence-corrected chi connectivity index (χ3v) is 6.32. The summed E-state index contributed by atoms with van der Waals surface area (Å²) >= 11 is 6.06. The number of alkyl halides is 3. The molecule has 1 aromatic heterocycles. The maximum absolute atomic E-state index is 13.7. The van der Waals surface area contributed by atoms with Crippen LogP contribution in [-0.2, 0) is 11.3 Å². The Labute approximate surface area is 221 Å². The third kappa shape index (κ3) is 5.78. The first-order valence-corrected chi connectivity index (χ1v) is 11.9. The second-order valence-corrected chi connectivity index (χ2v) is 9.24. The maximum atomic E-state index is 13.7. The van der Waals surface area contributed by atoms with Crippen LogP contribution in [0, 0.1) is 13.8 Å². The molecular formula is C28H23ClF3NO5. The molecule has 38 heavy (non-hydrogen) atoms. The van der Waals surface area contributed by atoms with Gasteiger partial charge in [-0.2, -0.15) is 0 Å². The summed E-state index contributed by atoms with van der Waals surface area (Å²) in [5.74, 6) is -1.52. The summed E-state index contributed by atoms with van der Waals surface area (Å²) in [5, 5.41) is 10.1. The molecule has 1 N–H and O–H groups in total. The first-order chi connectivity index (χ1) is 17.8. The number of ether oxygens (including phenoxy) is 2. The van der Waals surface area contributed by atoms with E-state index in [9.17, 15) is 22.8 Å². The van der Waals surface area contributed by atoms with Crippen molar-refractivity contribution in [1.82, 2.24) is 4.57 Å². The molecule has 0 aliphatic rings. The molecule has 0 fully saturated rings. The number of halogens is 4. The molecule has 198 valence electrons. The largest absolute Gasteiger partial charge is 0.573 e. The van der Waals surface area contributed by atoms with E-state index >= 15 is 0 Å². The number of aryl methyl sites for hydroxylation is 1. The molecule has 0 spiro atoms. The monoisotopic (exact) mass is 545 g/mol. The van der Waals surface area contributed by atoms with E-state index in [0.29, 0.717) is 49.6 Å². The number of rotatable bonds is 8. The van der Waals surface area contributed by atoms with Crippen molar-refractivity contribution in [2.45, 2.75) is 39.8 Å². The third-order valence-electron chi connectivity index (χ3n) is 6.09. The number of hydrogen-bond acceptors (Lipinski definition) is 4. The van der Waals surface area contributed by atoms with Gasteiger partial charge in [0.2, 0.25) is 0 Å². The minimum absolute atomic E-state index is 0.170. The number of hydrogen-bond donors (Lipinski definition) is 1. The smallest absolute Gasteiger partial charge is 0.479 e. The molecule has 4 rings (SSSR count). The van der Waals surface area contributed by atoms with E-state index in [1.807, 2.05) is 0 Å². The van der Waals surface area contributed by atoms with E-state index in [2.05, 4.69) is 4.74 Å². The first-order valence-electron chi connectivity index (χ1n) is 11.5. The predicted octanol–water partition coefficient (Wildman–Crippen LogP) is 6.94. The van der Waals surface area contributed by atoms with Crippen LogP contribution in [0.3, 0.4) is 0 Å². The lowest BCUT2D eigenvalue weighted by Gasteiger charge is -2.14. The zero-order chi connectivity index (χ0) is 27.8. The second kappa shape index (κ2) is 10.4. The molecule has 0 aliphatic heterocycles. The van der Waals surface area contributed by atoms with Crippen LogP contribution in [0.4, 0.5) is 13.2 Å². The van der Waals surface area contributed by atoms with Crippen LogP contribution >= 0.6 is 11.6 Å². The summed E-state index contributed by atoms with van der Waals surface area (Å²) in [6.45, 7) is 5.04. The molecule has 0 amide bonds. The highest BCUT2D eigenvalue weighted by atomic mass is 35.5. The lowest BCUT2D eigenvalue weighted by Crippen LogP contribution is -2.22. The van der Waals surface area contributed by atoms with Gasteiger partial charge >= 0.3 is 12.3 Å². The minimum atomic E-state index is -4.88. The van der Waals surface area contributed by atoms with E-state index in [0.717, 1.165) is 0 Å². The summed E-state index contributed by atoms with van der Waals surface area (Å²) in [5.41, 5.74) is 3.01. The van der Waals surface area contributed by atoms with E-state index in [1.165, 1.54) is 25.1 Å². The van der Waals surface area contributed by atoms with Crippen LogP contribution < -0.4 is 9.47 Å². The first kappa shape index (κ1) is 27.1. The number of aliphatic carboxylic acids is 1. The van der Waals surface area contributed by atoms with Crippen molar-refractivity contribution >= 4 is 34.3 Å². The van der Waals surface area contributed by atoms with Gasteiger partial charge in [-0.25, -0.2) is 4.79 Å². The quantitative estimate of drug-likeness (QED) is 0.243. The molecule has 4 aromatic rings. The number of carboxylic acid groups (broad SMARTS) is 1. The van der Waals surface area contributed by atoms with Crippen molar-refractivity contribution in [1.29, 1.82) is 0 Å². The van der Waals surface area contributed by atoms with Crippen LogP contribution in [0.15, 0.2) is 60.7 Å². The van der Waals surface area contributed by atoms with Gasteiger partial charge in [0.05, 0.1) is 11.1 Å². The lowest BCUT2D eigenvalue weighted by atomic mass is 9.97. The number of ketones is 1. The zero-order valence-corrected chi connectivity index (χ0v) is 21.4. The number of nitrogens with zero attached hydrogens (tertiary/aromatic N) is 1. The summed E-state index contributed by atoms with van der Waals surface area (Å²) in [4.78, 5) is 24.9. The van der Waals surface area contributed by atoms with Gasteiger partial charge in [0.25, 0.3) is 0 Å². The maximum Gasteiger partial charge on any atom is 0.573 e. The number of fused-ring (bicyclic) bond motifs is 1. The summed E-state index contributed by atoms with van der Waals surface area (Å²) in [7, 11) is 0. The van der Waals surface area contributed by atoms with E-state index in [4.69, 9.17) is 21.4 Å². The Morgan fingerprint density at radius 1 is 1.03 bits per heavy atom. The van der Waals surface area contributed by atoms with E-state index in [-0.39, 0.29) is 12.3 Å². The summed E-state index contributed by atoms with van der Waals surface area (Å²) in [6, 6.07) is 15.5. The van der Waals surface area contributed by atoms with Crippen molar-refractivity contribution < 1.29 is 37.3 Å². The Bertz CT molecular complexity index is 1540. The Balaban J connectivity index is 1.83. The highest BCUT2D eigenvalue weighted by Gasteiger charge is 2.32. The fourth-order valence-electron chi connectivity index (χ4n) is 4.31. The molecule has 6 nitrogen and oxygen atoms in total. The lowest BCUT2D eigenvalue weighted by molar-refractivity contribution is -0.274. The molecule has 0 saturated heterocycles. The molecule has 0 unspecified atom stereocenters.